The number of urea groups is 1. The molecule has 114 valence electrons. The van der Waals surface area contributed by atoms with Gasteiger partial charge >= 0.3 is 6.03 Å². The molecule has 0 unspecified atom stereocenters. The Hall–Kier alpha value is -2.11. The maximum absolute atomic E-state index is 13.6. The SMILES string of the molecule is Cc1ccc([C@@H](C)NC(=O)N2CCNC(=O)CC2)cc1F. The van der Waals surface area contributed by atoms with Crippen LogP contribution in [0.3, 0.4) is 0 Å². The van der Waals surface area contributed by atoms with Crippen LogP contribution in [-0.2, 0) is 4.79 Å². The van der Waals surface area contributed by atoms with E-state index in [-0.39, 0.29) is 23.8 Å². The van der Waals surface area contributed by atoms with E-state index < -0.39 is 0 Å². The Kier molecular flexibility index (Phi) is 4.77. The topological polar surface area (TPSA) is 61.4 Å². The Morgan fingerprint density at radius 1 is 1.43 bits per heavy atom. The first kappa shape index (κ1) is 15.3. The summed E-state index contributed by atoms with van der Waals surface area (Å²) in [5, 5.41) is 5.55. The molecule has 1 heterocycles. The molecule has 0 radical (unpaired) electrons. The predicted octanol–water partition coefficient (Wildman–Crippen LogP) is 1.73. The van der Waals surface area contributed by atoms with Gasteiger partial charge in [0.05, 0.1) is 6.04 Å². The average Bonchev–Trinajstić information content (AvgIpc) is 2.66. The zero-order valence-corrected chi connectivity index (χ0v) is 12.3. The molecule has 1 aromatic carbocycles. The summed E-state index contributed by atoms with van der Waals surface area (Å²) in [6, 6.07) is 4.41. The molecule has 1 saturated heterocycles. The van der Waals surface area contributed by atoms with Crippen molar-refractivity contribution in [2.45, 2.75) is 26.3 Å². The van der Waals surface area contributed by atoms with Crippen molar-refractivity contribution in [1.82, 2.24) is 15.5 Å². The number of benzene rings is 1. The van der Waals surface area contributed by atoms with Crippen LogP contribution >= 0.6 is 0 Å². The maximum atomic E-state index is 13.6. The third kappa shape index (κ3) is 3.93. The quantitative estimate of drug-likeness (QED) is 0.872. The van der Waals surface area contributed by atoms with Gasteiger partial charge in [-0.25, -0.2) is 9.18 Å². The van der Waals surface area contributed by atoms with Crippen molar-refractivity contribution in [3.8, 4) is 0 Å². The molecule has 2 N–H and O–H groups in total. The molecule has 1 aliphatic heterocycles. The smallest absolute Gasteiger partial charge is 0.317 e. The van der Waals surface area contributed by atoms with Crippen molar-refractivity contribution in [3.05, 3.63) is 35.1 Å². The molecule has 0 spiro atoms. The van der Waals surface area contributed by atoms with E-state index in [0.29, 0.717) is 31.6 Å². The summed E-state index contributed by atoms with van der Waals surface area (Å²) < 4.78 is 13.6. The number of hydrogen-bond acceptors (Lipinski definition) is 2. The summed E-state index contributed by atoms with van der Waals surface area (Å²) in [6.07, 6.45) is 0.307. The number of amides is 3. The van der Waals surface area contributed by atoms with Crippen molar-refractivity contribution < 1.29 is 14.0 Å². The van der Waals surface area contributed by atoms with Crippen LogP contribution in [0.25, 0.3) is 0 Å². The number of rotatable bonds is 2. The fourth-order valence-electron chi connectivity index (χ4n) is 2.21. The Morgan fingerprint density at radius 2 is 2.19 bits per heavy atom. The molecule has 1 atom stereocenters. The molecule has 2 rings (SSSR count). The van der Waals surface area contributed by atoms with Gasteiger partial charge < -0.3 is 15.5 Å². The second-order valence-corrected chi connectivity index (χ2v) is 5.27. The Labute approximate surface area is 123 Å². The molecule has 21 heavy (non-hydrogen) atoms. The van der Waals surface area contributed by atoms with Crippen molar-refractivity contribution in [2.75, 3.05) is 19.6 Å². The van der Waals surface area contributed by atoms with Crippen molar-refractivity contribution in [1.29, 1.82) is 0 Å². The highest BCUT2D eigenvalue weighted by molar-refractivity contribution is 5.79. The second kappa shape index (κ2) is 6.56. The highest BCUT2D eigenvalue weighted by atomic mass is 19.1. The summed E-state index contributed by atoms with van der Waals surface area (Å²) in [5.41, 5.74) is 1.30. The van der Waals surface area contributed by atoms with Crippen LogP contribution in [0, 0.1) is 12.7 Å². The standard InChI is InChI=1S/C15H20FN3O2/c1-10-3-4-12(9-13(10)16)11(2)18-15(21)19-7-5-14(20)17-6-8-19/h3-4,9,11H,5-8H2,1-2H3,(H,17,20)(H,18,21)/t11-/m1/s1. The zero-order chi connectivity index (χ0) is 15.4. The van der Waals surface area contributed by atoms with Gasteiger partial charge in [0, 0.05) is 26.1 Å². The normalized spacial score (nSPS) is 16.9. The number of aryl methyl sites for hydroxylation is 1. The largest absolute Gasteiger partial charge is 0.354 e. The minimum atomic E-state index is -0.292. The number of hydrogen-bond donors (Lipinski definition) is 2. The molecule has 6 heteroatoms. The zero-order valence-electron chi connectivity index (χ0n) is 12.3. The molecule has 1 aromatic rings. The lowest BCUT2D eigenvalue weighted by atomic mass is 10.1. The van der Waals surface area contributed by atoms with Crippen molar-refractivity contribution in [2.24, 2.45) is 0 Å². The third-order valence-corrected chi connectivity index (χ3v) is 3.64. The van der Waals surface area contributed by atoms with Gasteiger partial charge in [0.25, 0.3) is 0 Å². The monoisotopic (exact) mass is 293 g/mol. The van der Waals surface area contributed by atoms with Gasteiger partial charge in [-0.2, -0.15) is 0 Å². The summed E-state index contributed by atoms with van der Waals surface area (Å²) in [4.78, 5) is 25.0. The molecule has 0 saturated carbocycles. The highest BCUT2D eigenvalue weighted by Crippen LogP contribution is 2.16. The molecule has 1 fully saturated rings. The fourth-order valence-corrected chi connectivity index (χ4v) is 2.21. The molecule has 5 nitrogen and oxygen atoms in total. The van der Waals surface area contributed by atoms with Crippen molar-refractivity contribution >= 4 is 11.9 Å². The minimum absolute atomic E-state index is 0.0426. The van der Waals surface area contributed by atoms with Gasteiger partial charge in [0.2, 0.25) is 5.91 Å². The number of carbonyl (C=O) groups excluding carboxylic acids is 2. The predicted molar refractivity (Wildman–Crippen MR) is 77.3 cm³/mol. The van der Waals surface area contributed by atoms with Crippen LogP contribution in [0.2, 0.25) is 0 Å². The summed E-state index contributed by atoms with van der Waals surface area (Å²) in [7, 11) is 0. The first-order valence-electron chi connectivity index (χ1n) is 7.05. The van der Waals surface area contributed by atoms with Crippen LogP contribution in [0.5, 0.6) is 0 Å². The lowest BCUT2D eigenvalue weighted by molar-refractivity contribution is -0.120. The molecule has 0 aliphatic carbocycles. The van der Waals surface area contributed by atoms with Gasteiger partial charge in [-0.1, -0.05) is 12.1 Å². The van der Waals surface area contributed by atoms with E-state index in [1.54, 1.807) is 24.0 Å². The van der Waals surface area contributed by atoms with Gasteiger partial charge in [0.1, 0.15) is 5.82 Å². The summed E-state index contributed by atoms with van der Waals surface area (Å²) in [6.45, 7) is 4.84. The number of nitrogens with one attached hydrogen (secondary N) is 2. The number of halogens is 1. The first-order chi connectivity index (χ1) is 9.97. The summed E-state index contributed by atoms with van der Waals surface area (Å²) in [5.74, 6) is -0.322. The molecule has 3 amide bonds. The maximum Gasteiger partial charge on any atom is 0.317 e. The minimum Gasteiger partial charge on any atom is -0.354 e. The van der Waals surface area contributed by atoms with Crippen LogP contribution in [0.4, 0.5) is 9.18 Å². The van der Waals surface area contributed by atoms with E-state index in [0.717, 1.165) is 5.56 Å². The molecule has 1 aliphatic rings. The molecular formula is C15H20FN3O2. The Morgan fingerprint density at radius 3 is 2.90 bits per heavy atom. The fraction of sp³-hybridized carbons (Fsp3) is 0.467. The number of carbonyl (C=O) groups is 2. The van der Waals surface area contributed by atoms with Crippen LogP contribution in [0.1, 0.15) is 30.5 Å². The van der Waals surface area contributed by atoms with Gasteiger partial charge in [-0.05, 0) is 31.0 Å². The molecule has 0 bridgehead atoms. The van der Waals surface area contributed by atoms with E-state index in [1.807, 2.05) is 6.92 Å². The lowest BCUT2D eigenvalue weighted by Gasteiger charge is -2.23. The van der Waals surface area contributed by atoms with Gasteiger partial charge in [-0.15, -0.1) is 0 Å². The number of nitrogens with zero attached hydrogens (tertiary/aromatic N) is 1. The molecular weight excluding hydrogens is 273 g/mol. The third-order valence-electron chi connectivity index (χ3n) is 3.64. The van der Waals surface area contributed by atoms with E-state index >= 15 is 0 Å². The van der Waals surface area contributed by atoms with E-state index in [9.17, 15) is 14.0 Å². The second-order valence-electron chi connectivity index (χ2n) is 5.27. The highest BCUT2D eigenvalue weighted by Gasteiger charge is 2.20. The summed E-state index contributed by atoms with van der Waals surface area (Å²) >= 11 is 0. The lowest BCUT2D eigenvalue weighted by Crippen LogP contribution is -2.42. The Bertz CT molecular complexity index is 548. The molecule has 0 aromatic heterocycles. The van der Waals surface area contributed by atoms with Crippen LogP contribution < -0.4 is 10.6 Å². The Balaban J connectivity index is 1.97. The average molecular weight is 293 g/mol. The van der Waals surface area contributed by atoms with E-state index in [2.05, 4.69) is 10.6 Å². The van der Waals surface area contributed by atoms with Crippen LogP contribution in [0.15, 0.2) is 18.2 Å². The van der Waals surface area contributed by atoms with Gasteiger partial charge in [0.15, 0.2) is 0 Å². The first-order valence-corrected chi connectivity index (χ1v) is 7.05. The van der Waals surface area contributed by atoms with E-state index in [4.69, 9.17) is 0 Å². The van der Waals surface area contributed by atoms with Crippen LogP contribution in [-0.4, -0.2) is 36.5 Å². The van der Waals surface area contributed by atoms with Gasteiger partial charge in [-0.3, -0.25) is 4.79 Å². The van der Waals surface area contributed by atoms with E-state index in [1.165, 1.54) is 6.07 Å². The van der Waals surface area contributed by atoms with Crippen molar-refractivity contribution in [3.63, 3.8) is 0 Å².